The number of fused-ring (bicyclic) bond motifs is 1. The van der Waals surface area contributed by atoms with Crippen molar-refractivity contribution in [2.45, 2.75) is 13.8 Å². The number of Topliss-reactive ketones (excluding diaryl/α,β-unsaturated/α-hetero) is 1. The van der Waals surface area contributed by atoms with Gasteiger partial charge >= 0.3 is 0 Å². The van der Waals surface area contributed by atoms with Gasteiger partial charge in [0.1, 0.15) is 5.56 Å². The van der Waals surface area contributed by atoms with Gasteiger partial charge in [-0.1, -0.05) is 12.1 Å². The number of hydrogen-bond acceptors (Lipinski definition) is 2. The van der Waals surface area contributed by atoms with Gasteiger partial charge in [0.2, 0.25) is 5.52 Å². The van der Waals surface area contributed by atoms with Gasteiger partial charge in [-0.3, -0.25) is 4.79 Å². The number of ketones is 1. The van der Waals surface area contributed by atoms with E-state index < -0.39 is 0 Å². The first-order valence-electron chi connectivity index (χ1n) is 4.82. The molecule has 76 valence electrons. The van der Waals surface area contributed by atoms with Gasteiger partial charge in [0.15, 0.2) is 11.5 Å². The van der Waals surface area contributed by atoms with Crippen molar-refractivity contribution in [3.8, 4) is 0 Å². The molecule has 0 saturated carbocycles. The molecular weight excluding hydrogens is 188 g/mol. The maximum Gasteiger partial charge on any atom is 0.213 e. The minimum absolute atomic E-state index is 0.00740. The normalized spacial score (nSPS) is 10.5. The quantitative estimate of drug-likeness (QED) is 0.714. The van der Waals surface area contributed by atoms with Crippen molar-refractivity contribution >= 4 is 22.4 Å². The Hall–Kier alpha value is -1.90. The number of carbonyl (C=O) groups excluding carboxylic acids is 1. The Morgan fingerprint density at radius 3 is 2.67 bits per heavy atom. The van der Waals surface area contributed by atoms with Crippen LogP contribution >= 0.6 is 0 Å². The van der Waals surface area contributed by atoms with E-state index in [9.17, 15) is 4.79 Å². The summed E-state index contributed by atoms with van der Waals surface area (Å²) in [6.07, 6.45) is 0. The number of aromatic nitrogens is 1. The smallest absolute Gasteiger partial charge is 0.213 e. The number of aromatic amines is 1. The summed E-state index contributed by atoms with van der Waals surface area (Å²) in [6, 6.07) is 7.70. The van der Waals surface area contributed by atoms with Crippen LogP contribution in [0.15, 0.2) is 24.3 Å². The Labute approximate surface area is 87.9 Å². The Bertz CT molecular complexity index is 547. The van der Waals surface area contributed by atoms with Crippen molar-refractivity contribution in [3.05, 3.63) is 35.5 Å². The Morgan fingerprint density at radius 2 is 2.00 bits per heavy atom. The van der Waals surface area contributed by atoms with Crippen LogP contribution < -0.4 is 10.7 Å². The number of aryl methyl sites for hydroxylation is 1. The number of nitrogens with one attached hydrogen (secondary N) is 1. The summed E-state index contributed by atoms with van der Waals surface area (Å²) in [4.78, 5) is 14.6. The molecule has 3 nitrogen and oxygen atoms in total. The summed E-state index contributed by atoms with van der Waals surface area (Å²) >= 11 is 0. The van der Waals surface area contributed by atoms with E-state index in [1.54, 1.807) is 0 Å². The SMILES string of the molecule is CC(=O)c1c(C)[nH+]c2ccccc2c1N. The molecule has 0 atom stereocenters. The maximum absolute atomic E-state index is 11.4. The van der Waals surface area contributed by atoms with Gasteiger partial charge in [-0.05, 0) is 13.0 Å². The van der Waals surface area contributed by atoms with Gasteiger partial charge in [-0.15, -0.1) is 0 Å². The lowest BCUT2D eigenvalue weighted by Gasteiger charge is -2.04. The van der Waals surface area contributed by atoms with E-state index in [0.29, 0.717) is 11.3 Å². The van der Waals surface area contributed by atoms with E-state index in [2.05, 4.69) is 4.98 Å². The van der Waals surface area contributed by atoms with E-state index in [4.69, 9.17) is 5.73 Å². The largest absolute Gasteiger partial charge is 0.397 e. The molecule has 0 fully saturated rings. The van der Waals surface area contributed by atoms with E-state index in [0.717, 1.165) is 16.6 Å². The highest BCUT2D eigenvalue weighted by molar-refractivity contribution is 6.06. The third kappa shape index (κ3) is 1.46. The van der Waals surface area contributed by atoms with E-state index >= 15 is 0 Å². The minimum atomic E-state index is -0.00740. The molecule has 15 heavy (non-hydrogen) atoms. The summed E-state index contributed by atoms with van der Waals surface area (Å²) in [5, 5.41) is 0.897. The Balaban J connectivity index is 2.90. The molecule has 2 rings (SSSR count). The number of H-pyrrole nitrogens is 1. The lowest BCUT2D eigenvalue weighted by atomic mass is 10.0. The van der Waals surface area contributed by atoms with Gasteiger partial charge in [0.05, 0.1) is 11.1 Å². The molecule has 2 aromatic rings. The molecule has 0 radical (unpaired) electrons. The fourth-order valence-corrected chi connectivity index (χ4v) is 1.88. The number of nitrogens with two attached hydrogens (primary N) is 1. The number of pyridine rings is 1. The highest BCUT2D eigenvalue weighted by atomic mass is 16.1. The third-order valence-corrected chi connectivity index (χ3v) is 2.54. The van der Waals surface area contributed by atoms with Crippen molar-refractivity contribution in [1.29, 1.82) is 0 Å². The van der Waals surface area contributed by atoms with Crippen molar-refractivity contribution in [3.63, 3.8) is 0 Å². The van der Waals surface area contributed by atoms with Gasteiger partial charge in [0, 0.05) is 13.0 Å². The second-order valence-corrected chi connectivity index (χ2v) is 3.64. The van der Waals surface area contributed by atoms with E-state index in [1.165, 1.54) is 6.92 Å². The molecule has 0 saturated heterocycles. The molecule has 0 aliphatic carbocycles. The highest BCUT2D eigenvalue weighted by Crippen LogP contribution is 2.23. The molecule has 0 spiro atoms. The molecule has 0 amide bonds. The molecule has 0 bridgehead atoms. The molecule has 1 aromatic heterocycles. The molecule has 1 heterocycles. The predicted molar refractivity (Wildman–Crippen MR) is 59.7 cm³/mol. The second-order valence-electron chi connectivity index (χ2n) is 3.64. The molecule has 3 heteroatoms. The summed E-state index contributed by atoms with van der Waals surface area (Å²) in [5.41, 5.74) is 8.91. The standard InChI is InChI=1S/C12H12N2O/c1-7-11(8(2)15)12(13)9-5-3-4-6-10(9)14-7/h3-6H,1-2H3,(H2,13,14)/p+1. The topological polar surface area (TPSA) is 57.2 Å². The van der Waals surface area contributed by atoms with Crippen LogP contribution in [0.2, 0.25) is 0 Å². The van der Waals surface area contributed by atoms with Crippen molar-refractivity contribution in [1.82, 2.24) is 0 Å². The number of benzene rings is 1. The zero-order valence-electron chi connectivity index (χ0n) is 8.79. The molecule has 0 unspecified atom stereocenters. The number of para-hydroxylation sites is 1. The zero-order valence-corrected chi connectivity index (χ0v) is 8.79. The van der Waals surface area contributed by atoms with Crippen LogP contribution in [-0.2, 0) is 0 Å². The summed E-state index contributed by atoms with van der Waals surface area (Å²) in [7, 11) is 0. The second kappa shape index (κ2) is 3.35. The monoisotopic (exact) mass is 201 g/mol. The van der Waals surface area contributed by atoms with Crippen LogP contribution in [0.25, 0.3) is 10.9 Å². The Morgan fingerprint density at radius 1 is 1.33 bits per heavy atom. The highest BCUT2D eigenvalue weighted by Gasteiger charge is 2.17. The first kappa shape index (κ1) is 9.65. The number of rotatable bonds is 1. The fourth-order valence-electron chi connectivity index (χ4n) is 1.88. The summed E-state index contributed by atoms with van der Waals surface area (Å²) in [6.45, 7) is 3.39. The van der Waals surface area contributed by atoms with Gasteiger partial charge in [-0.2, -0.15) is 0 Å². The zero-order chi connectivity index (χ0) is 11.0. The average molecular weight is 201 g/mol. The van der Waals surface area contributed by atoms with Crippen LogP contribution in [0.3, 0.4) is 0 Å². The molecule has 0 aliphatic heterocycles. The van der Waals surface area contributed by atoms with Crippen LogP contribution in [0.4, 0.5) is 5.69 Å². The molecule has 1 aromatic carbocycles. The van der Waals surface area contributed by atoms with Crippen molar-refractivity contribution in [2.24, 2.45) is 0 Å². The van der Waals surface area contributed by atoms with Crippen LogP contribution in [0.5, 0.6) is 0 Å². The van der Waals surface area contributed by atoms with Crippen LogP contribution in [0, 0.1) is 6.92 Å². The van der Waals surface area contributed by atoms with Gasteiger partial charge < -0.3 is 5.73 Å². The maximum atomic E-state index is 11.4. The first-order valence-corrected chi connectivity index (χ1v) is 4.82. The van der Waals surface area contributed by atoms with E-state index in [1.807, 2.05) is 31.2 Å². The number of hydrogen-bond donors (Lipinski definition) is 1. The van der Waals surface area contributed by atoms with Crippen molar-refractivity contribution in [2.75, 3.05) is 5.73 Å². The average Bonchev–Trinajstić information content (AvgIpc) is 2.17. The predicted octanol–water partition coefficient (Wildman–Crippen LogP) is 1.75. The van der Waals surface area contributed by atoms with Gasteiger partial charge in [-0.25, -0.2) is 4.98 Å². The molecule has 0 aliphatic rings. The fraction of sp³-hybridized carbons (Fsp3) is 0.167. The number of nitrogen functional groups attached to an aromatic ring is 1. The van der Waals surface area contributed by atoms with Crippen molar-refractivity contribution < 1.29 is 9.78 Å². The molecule has 3 N–H and O–H groups in total. The third-order valence-electron chi connectivity index (χ3n) is 2.54. The minimum Gasteiger partial charge on any atom is -0.397 e. The lowest BCUT2D eigenvalue weighted by molar-refractivity contribution is -0.354. The Kier molecular flexibility index (Phi) is 2.15. The first-order chi connectivity index (χ1) is 7.11. The number of anilines is 1. The van der Waals surface area contributed by atoms with Crippen LogP contribution in [-0.4, -0.2) is 5.78 Å². The summed E-state index contributed by atoms with van der Waals surface area (Å²) in [5.74, 6) is -0.00740. The van der Waals surface area contributed by atoms with E-state index in [-0.39, 0.29) is 5.78 Å². The lowest BCUT2D eigenvalue weighted by Crippen LogP contribution is -2.17. The molecular formula is C12H13N2O+. The number of carbonyl (C=O) groups is 1. The van der Waals surface area contributed by atoms with Gasteiger partial charge in [0.25, 0.3) is 0 Å². The van der Waals surface area contributed by atoms with Crippen LogP contribution in [0.1, 0.15) is 23.0 Å². The summed E-state index contributed by atoms with van der Waals surface area (Å²) < 4.78 is 0.